The van der Waals surface area contributed by atoms with Crippen LogP contribution in [0.2, 0.25) is 0 Å². The van der Waals surface area contributed by atoms with Gasteiger partial charge >= 0.3 is 0 Å². The van der Waals surface area contributed by atoms with Crippen LogP contribution in [0.25, 0.3) is 16.7 Å². The quantitative estimate of drug-likeness (QED) is 0.414. The zero-order valence-corrected chi connectivity index (χ0v) is 21.2. The Balaban J connectivity index is 1.34. The van der Waals surface area contributed by atoms with Crippen molar-refractivity contribution in [1.29, 1.82) is 0 Å². The molecule has 0 atom stereocenters. The molecule has 4 rings (SSSR count). The average molecular weight is 452 g/mol. The summed E-state index contributed by atoms with van der Waals surface area (Å²) in [5.74, 6) is 0.00802. The van der Waals surface area contributed by atoms with Gasteiger partial charge in [-0.3, -0.25) is 4.79 Å². The molecule has 1 aliphatic rings. The minimum atomic E-state index is 0.00802. The summed E-state index contributed by atoms with van der Waals surface area (Å²) in [7, 11) is 0. The first-order valence-electron chi connectivity index (χ1n) is 12.4. The smallest absolute Gasteiger partial charge is 0.228 e. The van der Waals surface area contributed by atoms with E-state index in [9.17, 15) is 4.79 Å². The van der Waals surface area contributed by atoms with E-state index >= 15 is 0 Å². The summed E-state index contributed by atoms with van der Waals surface area (Å²) in [4.78, 5) is 12.6. The Kier molecular flexibility index (Phi) is 6.79. The summed E-state index contributed by atoms with van der Waals surface area (Å²) in [6.45, 7) is 11.3. The van der Waals surface area contributed by atoms with Gasteiger partial charge in [-0.15, -0.1) is 0 Å². The molecule has 34 heavy (non-hydrogen) atoms. The number of allylic oxidation sites excluding steroid dienone is 2. The average Bonchev–Trinajstić information content (AvgIpc) is 2.80. The van der Waals surface area contributed by atoms with Crippen molar-refractivity contribution in [2.45, 2.75) is 65.7 Å². The number of hydrogen-bond donors (Lipinski definition) is 1. The Morgan fingerprint density at radius 1 is 0.824 bits per heavy atom. The molecular weight excluding hydrogens is 414 g/mol. The van der Waals surface area contributed by atoms with Crippen LogP contribution < -0.4 is 5.32 Å². The molecule has 0 aromatic heterocycles. The van der Waals surface area contributed by atoms with Crippen LogP contribution in [-0.2, 0) is 16.6 Å². The van der Waals surface area contributed by atoms with Gasteiger partial charge in [0.15, 0.2) is 0 Å². The molecule has 2 nitrogen and oxygen atoms in total. The highest BCUT2D eigenvalue weighted by Gasteiger charge is 2.21. The van der Waals surface area contributed by atoms with Gasteiger partial charge in [-0.1, -0.05) is 101 Å². The first-order chi connectivity index (χ1) is 16.1. The molecule has 3 aromatic carbocycles. The van der Waals surface area contributed by atoms with Crippen molar-refractivity contribution in [3.05, 3.63) is 95.6 Å². The van der Waals surface area contributed by atoms with Crippen LogP contribution in [0.15, 0.2) is 78.9 Å². The number of carbonyl (C=O) groups excluding carboxylic acids is 1. The molecule has 2 heteroatoms. The number of carbonyl (C=O) groups is 1. The largest absolute Gasteiger partial charge is 0.326 e. The van der Waals surface area contributed by atoms with E-state index < -0.39 is 0 Å². The molecule has 0 spiro atoms. The fourth-order valence-corrected chi connectivity index (χ4v) is 4.47. The number of amides is 1. The van der Waals surface area contributed by atoms with Crippen molar-refractivity contribution in [2.24, 2.45) is 5.41 Å². The minimum Gasteiger partial charge on any atom is -0.326 e. The molecule has 0 heterocycles. The zero-order valence-electron chi connectivity index (χ0n) is 21.2. The highest BCUT2D eigenvalue weighted by molar-refractivity contribution is 5.92. The van der Waals surface area contributed by atoms with Crippen LogP contribution in [-0.4, -0.2) is 5.91 Å². The summed E-state index contributed by atoms with van der Waals surface area (Å²) in [6.07, 6.45) is 6.21. The zero-order chi connectivity index (χ0) is 24.3. The van der Waals surface area contributed by atoms with Crippen LogP contribution in [0.1, 0.15) is 70.6 Å². The second kappa shape index (κ2) is 9.62. The summed E-state index contributed by atoms with van der Waals surface area (Å²) in [5, 5.41) is 3.04. The Morgan fingerprint density at radius 3 is 1.91 bits per heavy atom. The molecule has 1 amide bonds. The summed E-state index contributed by atoms with van der Waals surface area (Å²) >= 11 is 0. The van der Waals surface area contributed by atoms with Gasteiger partial charge in [0.05, 0.1) is 6.42 Å². The minimum absolute atomic E-state index is 0.00802. The molecule has 0 saturated heterocycles. The fraction of sp³-hybridized carbons (Fsp3) is 0.344. The number of benzene rings is 3. The van der Waals surface area contributed by atoms with Crippen LogP contribution in [0.3, 0.4) is 0 Å². The second-order valence-corrected chi connectivity index (χ2v) is 11.4. The first-order valence-corrected chi connectivity index (χ1v) is 12.4. The lowest BCUT2D eigenvalue weighted by atomic mass is 9.77. The van der Waals surface area contributed by atoms with E-state index in [0.717, 1.165) is 24.1 Å². The van der Waals surface area contributed by atoms with Gasteiger partial charge in [-0.25, -0.2) is 0 Å². The highest BCUT2D eigenvalue weighted by atomic mass is 16.1. The Morgan fingerprint density at radius 2 is 1.38 bits per heavy atom. The Labute approximate surface area is 205 Å². The molecule has 0 saturated carbocycles. The lowest BCUT2D eigenvalue weighted by molar-refractivity contribution is -0.115. The van der Waals surface area contributed by atoms with Crippen molar-refractivity contribution in [1.82, 2.24) is 0 Å². The maximum absolute atomic E-state index is 12.6. The summed E-state index contributed by atoms with van der Waals surface area (Å²) < 4.78 is 0. The van der Waals surface area contributed by atoms with E-state index in [1.54, 1.807) is 0 Å². The summed E-state index contributed by atoms with van der Waals surface area (Å²) in [6, 6.07) is 25.3. The molecule has 176 valence electrons. The highest BCUT2D eigenvalue weighted by Crippen LogP contribution is 2.38. The molecule has 0 fully saturated rings. The maximum Gasteiger partial charge on any atom is 0.228 e. The Hall–Kier alpha value is -3.13. The van der Waals surface area contributed by atoms with Crippen LogP contribution >= 0.6 is 0 Å². The third kappa shape index (κ3) is 6.05. The van der Waals surface area contributed by atoms with Gasteiger partial charge in [0.2, 0.25) is 5.91 Å². The monoisotopic (exact) mass is 451 g/mol. The standard InChI is InChI=1S/C32H37NO/c1-31(2,3)28-14-10-25(11-15-28)24-8-6-23(7-9-24)22-30(34)33-29-16-12-26(13-17-29)27-18-20-32(4,5)21-19-27/h6-18H,19-22H2,1-5H3,(H,33,34). The fourth-order valence-electron chi connectivity index (χ4n) is 4.47. The van der Waals surface area contributed by atoms with Crippen LogP contribution in [0, 0.1) is 5.41 Å². The van der Waals surface area contributed by atoms with Gasteiger partial charge in [0.25, 0.3) is 0 Å². The van der Waals surface area contributed by atoms with E-state index in [0.29, 0.717) is 11.8 Å². The van der Waals surface area contributed by atoms with Crippen molar-refractivity contribution in [3.63, 3.8) is 0 Å². The first kappa shape index (κ1) is 24.0. The van der Waals surface area contributed by atoms with Gasteiger partial charge in [-0.2, -0.15) is 0 Å². The normalized spacial score (nSPS) is 15.5. The van der Waals surface area contributed by atoms with Gasteiger partial charge in [0, 0.05) is 5.69 Å². The topological polar surface area (TPSA) is 29.1 Å². The Bertz CT molecular complexity index is 1160. The summed E-state index contributed by atoms with van der Waals surface area (Å²) in [5.41, 5.74) is 8.80. The lowest BCUT2D eigenvalue weighted by Crippen LogP contribution is -2.15. The molecule has 0 bridgehead atoms. The van der Waals surface area contributed by atoms with Gasteiger partial charge in [-0.05, 0) is 75.6 Å². The number of nitrogens with one attached hydrogen (secondary N) is 1. The number of anilines is 1. The maximum atomic E-state index is 12.6. The van der Waals surface area contributed by atoms with E-state index in [-0.39, 0.29) is 11.3 Å². The van der Waals surface area contributed by atoms with Crippen molar-refractivity contribution >= 4 is 17.2 Å². The third-order valence-electron chi connectivity index (χ3n) is 6.91. The van der Waals surface area contributed by atoms with Crippen LogP contribution in [0.4, 0.5) is 5.69 Å². The molecule has 0 aliphatic heterocycles. The molecule has 0 unspecified atom stereocenters. The van der Waals surface area contributed by atoms with E-state index in [1.165, 1.54) is 34.2 Å². The second-order valence-electron chi connectivity index (χ2n) is 11.4. The van der Waals surface area contributed by atoms with E-state index in [2.05, 4.69) is 94.5 Å². The van der Waals surface area contributed by atoms with E-state index in [4.69, 9.17) is 0 Å². The number of hydrogen-bond acceptors (Lipinski definition) is 1. The van der Waals surface area contributed by atoms with Crippen LogP contribution in [0.5, 0.6) is 0 Å². The van der Waals surface area contributed by atoms with Crippen molar-refractivity contribution in [2.75, 3.05) is 5.32 Å². The van der Waals surface area contributed by atoms with Crippen molar-refractivity contribution < 1.29 is 4.79 Å². The van der Waals surface area contributed by atoms with Gasteiger partial charge in [0.1, 0.15) is 0 Å². The third-order valence-corrected chi connectivity index (χ3v) is 6.91. The molecule has 3 aromatic rings. The predicted molar refractivity (Wildman–Crippen MR) is 145 cm³/mol. The van der Waals surface area contributed by atoms with E-state index in [1.807, 2.05) is 24.3 Å². The number of rotatable bonds is 5. The SMILES string of the molecule is CC1(C)CC=C(c2ccc(NC(=O)Cc3ccc(-c4ccc(C(C)(C)C)cc4)cc3)cc2)CC1. The molecule has 0 radical (unpaired) electrons. The molecule has 1 aliphatic carbocycles. The molecule has 1 N–H and O–H groups in total. The van der Waals surface area contributed by atoms with Gasteiger partial charge < -0.3 is 5.32 Å². The molecular formula is C32H37NO. The van der Waals surface area contributed by atoms with Crippen molar-refractivity contribution in [3.8, 4) is 11.1 Å². The lowest BCUT2D eigenvalue weighted by Gasteiger charge is -2.28. The predicted octanol–water partition coefficient (Wildman–Crippen LogP) is 8.43.